The Morgan fingerprint density at radius 1 is 1.37 bits per heavy atom. The smallest absolute Gasteiger partial charge is 0.305 e. The van der Waals surface area contributed by atoms with Gasteiger partial charge in [-0.05, 0) is 18.8 Å². The highest BCUT2D eigenvalue weighted by Crippen LogP contribution is 2.25. The molecule has 0 aromatic heterocycles. The molecule has 0 bridgehead atoms. The lowest BCUT2D eigenvalue weighted by molar-refractivity contribution is -0.140. The van der Waals surface area contributed by atoms with Crippen LogP contribution in [0.2, 0.25) is 0 Å². The first-order chi connectivity index (χ1) is 8.97. The van der Waals surface area contributed by atoms with Crippen LogP contribution in [0.3, 0.4) is 0 Å². The largest absolute Gasteiger partial charge is 0.481 e. The van der Waals surface area contributed by atoms with Crippen LogP contribution in [0.15, 0.2) is 0 Å². The van der Waals surface area contributed by atoms with E-state index in [1.807, 2.05) is 0 Å². The van der Waals surface area contributed by atoms with Crippen LogP contribution in [0, 0.1) is 5.92 Å². The minimum absolute atomic E-state index is 0.0236. The molecule has 1 aliphatic rings. The Labute approximate surface area is 114 Å². The van der Waals surface area contributed by atoms with E-state index in [2.05, 4.69) is 19.2 Å². The van der Waals surface area contributed by atoms with Gasteiger partial charge in [-0.3, -0.25) is 9.59 Å². The summed E-state index contributed by atoms with van der Waals surface area (Å²) < 4.78 is 5.26. The zero-order chi connectivity index (χ0) is 14.3. The fraction of sp³-hybridized carbons (Fsp3) is 0.857. The summed E-state index contributed by atoms with van der Waals surface area (Å²) in [5.74, 6) is -0.570. The molecular weight excluding hydrogens is 246 g/mol. The number of rotatable bonds is 7. The van der Waals surface area contributed by atoms with Crippen LogP contribution in [0.4, 0.5) is 0 Å². The van der Waals surface area contributed by atoms with Crippen molar-refractivity contribution in [3.8, 4) is 0 Å². The highest BCUT2D eigenvalue weighted by Gasteiger charge is 2.36. The average molecular weight is 271 g/mol. The second-order valence-electron chi connectivity index (χ2n) is 5.61. The van der Waals surface area contributed by atoms with Crippen molar-refractivity contribution in [1.29, 1.82) is 0 Å². The third kappa shape index (κ3) is 5.59. The number of carboxylic acid groups (broad SMARTS) is 1. The van der Waals surface area contributed by atoms with E-state index < -0.39 is 11.5 Å². The predicted molar refractivity (Wildman–Crippen MR) is 71.9 cm³/mol. The number of ether oxygens (including phenoxy) is 1. The van der Waals surface area contributed by atoms with Crippen molar-refractivity contribution in [2.45, 2.75) is 57.9 Å². The van der Waals surface area contributed by atoms with Gasteiger partial charge in [0.05, 0.1) is 12.0 Å². The second-order valence-corrected chi connectivity index (χ2v) is 5.61. The van der Waals surface area contributed by atoms with Crippen molar-refractivity contribution in [3.63, 3.8) is 0 Å². The molecule has 1 unspecified atom stereocenters. The van der Waals surface area contributed by atoms with E-state index in [1.165, 1.54) is 0 Å². The Bertz CT molecular complexity index is 311. The van der Waals surface area contributed by atoms with Crippen molar-refractivity contribution in [2.75, 3.05) is 13.2 Å². The monoisotopic (exact) mass is 271 g/mol. The fourth-order valence-corrected chi connectivity index (χ4v) is 2.66. The number of nitrogens with one attached hydrogen (secondary N) is 1. The number of amides is 1. The molecule has 19 heavy (non-hydrogen) atoms. The van der Waals surface area contributed by atoms with Crippen LogP contribution < -0.4 is 5.32 Å². The Morgan fingerprint density at radius 3 is 2.53 bits per heavy atom. The molecule has 5 nitrogen and oxygen atoms in total. The number of aliphatic carboxylic acids is 1. The first-order valence-electron chi connectivity index (χ1n) is 7.08. The van der Waals surface area contributed by atoms with Crippen LogP contribution in [0.5, 0.6) is 0 Å². The molecule has 0 radical (unpaired) electrons. The minimum Gasteiger partial charge on any atom is -0.481 e. The number of carbonyl (C=O) groups is 2. The molecule has 0 saturated carbocycles. The number of carbonyl (C=O) groups excluding carboxylic acids is 1. The van der Waals surface area contributed by atoms with Gasteiger partial charge < -0.3 is 15.2 Å². The van der Waals surface area contributed by atoms with Crippen molar-refractivity contribution < 1.29 is 19.4 Å². The van der Waals surface area contributed by atoms with E-state index in [9.17, 15) is 9.59 Å². The van der Waals surface area contributed by atoms with E-state index in [-0.39, 0.29) is 12.3 Å². The Morgan fingerprint density at radius 2 is 2.00 bits per heavy atom. The van der Waals surface area contributed by atoms with Gasteiger partial charge in [0.25, 0.3) is 0 Å². The number of hydrogen-bond donors (Lipinski definition) is 2. The zero-order valence-corrected chi connectivity index (χ0v) is 11.9. The maximum absolute atomic E-state index is 12.0. The summed E-state index contributed by atoms with van der Waals surface area (Å²) in [6, 6.07) is 0. The number of carboxylic acids is 1. The molecular formula is C14H25NO4. The summed E-state index contributed by atoms with van der Waals surface area (Å²) in [5.41, 5.74) is -0.618. The Balaban J connectivity index is 2.56. The Kier molecular flexibility index (Phi) is 6.28. The first-order valence-corrected chi connectivity index (χ1v) is 7.08. The molecule has 0 spiro atoms. The molecule has 2 N–H and O–H groups in total. The van der Waals surface area contributed by atoms with E-state index in [0.717, 1.165) is 12.8 Å². The lowest BCUT2D eigenvalue weighted by Gasteiger charge is -2.37. The van der Waals surface area contributed by atoms with Crippen LogP contribution in [0.25, 0.3) is 0 Å². The van der Waals surface area contributed by atoms with Gasteiger partial charge in [-0.1, -0.05) is 26.7 Å². The third-order valence-corrected chi connectivity index (χ3v) is 3.66. The van der Waals surface area contributed by atoms with Crippen molar-refractivity contribution in [2.24, 2.45) is 5.92 Å². The molecule has 5 heteroatoms. The van der Waals surface area contributed by atoms with E-state index >= 15 is 0 Å². The molecule has 1 amide bonds. The molecule has 1 rings (SSSR count). The van der Waals surface area contributed by atoms with Gasteiger partial charge in [-0.25, -0.2) is 0 Å². The van der Waals surface area contributed by atoms with E-state index in [1.54, 1.807) is 0 Å². The molecule has 1 fully saturated rings. The molecule has 0 aromatic rings. The van der Waals surface area contributed by atoms with Gasteiger partial charge >= 0.3 is 5.97 Å². The molecule has 1 heterocycles. The quantitative estimate of drug-likeness (QED) is 0.742. The first kappa shape index (κ1) is 16.0. The van der Waals surface area contributed by atoms with Gasteiger partial charge in [-0.2, -0.15) is 0 Å². The van der Waals surface area contributed by atoms with Crippen molar-refractivity contribution in [3.05, 3.63) is 0 Å². The summed E-state index contributed by atoms with van der Waals surface area (Å²) in [7, 11) is 0. The lowest BCUT2D eigenvalue weighted by Crippen LogP contribution is -2.53. The lowest BCUT2D eigenvalue weighted by atomic mass is 9.86. The van der Waals surface area contributed by atoms with Crippen LogP contribution in [-0.4, -0.2) is 35.7 Å². The third-order valence-electron chi connectivity index (χ3n) is 3.66. The van der Waals surface area contributed by atoms with E-state index in [4.69, 9.17) is 9.84 Å². The second kappa shape index (κ2) is 7.48. The molecule has 1 aliphatic heterocycles. The van der Waals surface area contributed by atoms with Crippen LogP contribution in [0.1, 0.15) is 52.4 Å². The van der Waals surface area contributed by atoms with Crippen molar-refractivity contribution >= 4 is 11.9 Å². The maximum Gasteiger partial charge on any atom is 0.305 e. The predicted octanol–water partition coefficient (Wildman–Crippen LogP) is 1.95. The fourth-order valence-electron chi connectivity index (χ4n) is 2.66. The normalized spacial score (nSPS) is 19.7. The van der Waals surface area contributed by atoms with E-state index in [0.29, 0.717) is 38.4 Å². The minimum atomic E-state index is -0.871. The SMILES string of the molecule is CCCC(C)CC(=O)NC1(CC(=O)O)CCOCC1. The summed E-state index contributed by atoms with van der Waals surface area (Å²) >= 11 is 0. The maximum atomic E-state index is 12.0. The van der Waals surface area contributed by atoms with Crippen LogP contribution >= 0.6 is 0 Å². The highest BCUT2D eigenvalue weighted by molar-refractivity contribution is 5.78. The topological polar surface area (TPSA) is 75.6 Å². The molecule has 0 aromatic carbocycles. The summed E-state index contributed by atoms with van der Waals surface area (Å²) in [6.07, 6.45) is 3.67. The summed E-state index contributed by atoms with van der Waals surface area (Å²) in [5, 5.41) is 12.0. The van der Waals surface area contributed by atoms with Gasteiger partial charge in [0.15, 0.2) is 0 Å². The standard InChI is InChI=1S/C14H25NO4/c1-3-4-11(2)9-12(16)15-14(10-13(17)18)5-7-19-8-6-14/h11H,3-10H2,1-2H3,(H,15,16)(H,17,18). The summed E-state index contributed by atoms with van der Waals surface area (Å²) in [6.45, 7) is 5.17. The van der Waals surface area contributed by atoms with Gasteiger partial charge in [0.2, 0.25) is 5.91 Å². The molecule has 1 saturated heterocycles. The van der Waals surface area contributed by atoms with Gasteiger partial charge in [0, 0.05) is 19.6 Å². The molecule has 1 atom stereocenters. The van der Waals surface area contributed by atoms with Crippen LogP contribution in [-0.2, 0) is 14.3 Å². The average Bonchev–Trinajstić information content (AvgIpc) is 2.28. The van der Waals surface area contributed by atoms with Gasteiger partial charge in [0.1, 0.15) is 0 Å². The molecule has 110 valence electrons. The Hall–Kier alpha value is -1.10. The number of hydrogen-bond acceptors (Lipinski definition) is 3. The highest BCUT2D eigenvalue weighted by atomic mass is 16.5. The summed E-state index contributed by atoms with van der Waals surface area (Å²) in [4.78, 5) is 23.0. The molecule has 0 aliphatic carbocycles. The van der Waals surface area contributed by atoms with Crippen molar-refractivity contribution in [1.82, 2.24) is 5.32 Å². The zero-order valence-electron chi connectivity index (χ0n) is 11.9. The van der Waals surface area contributed by atoms with Gasteiger partial charge in [-0.15, -0.1) is 0 Å².